The number of carbonyl (C=O) groups is 1. The van der Waals surface area contributed by atoms with Crippen molar-refractivity contribution in [3.8, 4) is 0 Å². The quantitative estimate of drug-likeness (QED) is 0.342. The number of hydrogen-bond donors (Lipinski definition) is 1. The summed E-state index contributed by atoms with van der Waals surface area (Å²) in [6, 6.07) is 6.12. The van der Waals surface area contributed by atoms with Crippen LogP contribution in [0, 0.1) is 0 Å². The highest BCUT2D eigenvalue weighted by atomic mass is 35.5. The molecule has 2 unspecified atom stereocenters. The number of ether oxygens (including phenoxy) is 3. The highest BCUT2D eigenvalue weighted by Crippen LogP contribution is 2.23. The summed E-state index contributed by atoms with van der Waals surface area (Å²) in [6.45, 7) is 4.73. The molecule has 10 heteroatoms. The Hall–Kier alpha value is -1.58. The Morgan fingerprint density at radius 3 is 2.38 bits per heavy atom. The number of fused-ring (bicyclic) bond motifs is 1. The molecule has 2 fully saturated rings. The zero-order valence-corrected chi connectivity index (χ0v) is 19.9. The fraction of sp³-hybridized carbons (Fsp3) is 0.636. The van der Waals surface area contributed by atoms with Crippen molar-refractivity contribution in [2.45, 2.75) is 31.5 Å². The Balaban J connectivity index is 0.000000264. The first kappa shape index (κ1) is 25.1. The van der Waals surface area contributed by atoms with Crippen molar-refractivity contribution >= 4 is 45.9 Å². The van der Waals surface area contributed by atoms with E-state index in [1.165, 1.54) is 0 Å². The van der Waals surface area contributed by atoms with Crippen LogP contribution in [0.1, 0.15) is 18.7 Å². The maximum atomic E-state index is 10.6. The number of halogens is 2. The van der Waals surface area contributed by atoms with Crippen molar-refractivity contribution in [3.63, 3.8) is 0 Å². The molecular weight excluding hydrogens is 457 g/mol. The summed E-state index contributed by atoms with van der Waals surface area (Å²) >= 11 is 11.7. The zero-order chi connectivity index (χ0) is 22.9. The Bertz CT molecular complexity index is 853. The molecule has 1 N–H and O–H groups in total. The number of carboxylic acids is 1. The number of benzene rings is 1. The van der Waals surface area contributed by atoms with Crippen LogP contribution >= 0.6 is 23.2 Å². The average molecular weight is 488 g/mol. The summed E-state index contributed by atoms with van der Waals surface area (Å²) < 4.78 is 17.1. The van der Waals surface area contributed by atoms with E-state index >= 15 is 0 Å². The lowest BCUT2D eigenvalue weighted by Gasteiger charge is -2.22. The van der Waals surface area contributed by atoms with Crippen LogP contribution in [0.5, 0.6) is 0 Å². The Labute approximate surface area is 198 Å². The third-order valence-electron chi connectivity index (χ3n) is 5.23. The lowest BCUT2D eigenvalue weighted by Crippen LogP contribution is -2.27. The van der Waals surface area contributed by atoms with Crippen molar-refractivity contribution in [2.75, 3.05) is 56.2 Å². The Kier molecular flexibility index (Phi) is 9.87. The molecule has 0 radical (unpaired) electrons. The van der Waals surface area contributed by atoms with Gasteiger partial charge in [-0.2, -0.15) is 0 Å². The van der Waals surface area contributed by atoms with Crippen LogP contribution in [0.2, 0.25) is 0 Å². The van der Waals surface area contributed by atoms with Gasteiger partial charge in [-0.1, -0.05) is 0 Å². The van der Waals surface area contributed by atoms with Crippen LogP contribution < -0.4 is 4.90 Å². The maximum absolute atomic E-state index is 10.6. The zero-order valence-electron chi connectivity index (χ0n) is 18.3. The van der Waals surface area contributed by atoms with Crippen LogP contribution in [0.4, 0.5) is 5.69 Å². The molecule has 0 spiro atoms. The van der Waals surface area contributed by atoms with E-state index in [9.17, 15) is 4.79 Å². The van der Waals surface area contributed by atoms with Gasteiger partial charge in [0.25, 0.3) is 0 Å². The van der Waals surface area contributed by atoms with Gasteiger partial charge in [-0.15, -0.1) is 23.2 Å². The smallest absolute Gasteiger partial charge is 0.303 e. The number of nitrogens with zero attached hydrogens (tertiary/aromatic N) is 3. The second kappa shape index (κ2) is 12.6. The van der Waals surface area contributed by atoms with Gasteiger partial charge in [0.15, 0.2) is 0 Å². The van der Waals surface area contributed by atoms with Crippen LogP contribution in [-0.2, 0) is 32.5 Å². The fourth-order valence-electron chi connectivity index (χ4n) is 3.29. The van der Waals surface area contributed by atoms with Gasteiger partial charge >= 0.3 is 5.97 Å². The highest BCUT2D eigenvalue weighted by molar-refractivity contribution is 6.18. The highest BCUT2D eigenvalue weighted by Gasteiger charge is 2.26. The molecule has 4 rings (SSSR count). The standard InChI is InChI=1S/C16H21Cl2N3O2.C6H10O3/c1-20-14-6-5-12(21(9-7-17)10-8-18)11-13(14)19-15(20)3-2-4-16(22)23;1(5-3-8-5)7-2-6-4-9-6/h5-6,11H,2-4,7-10H2,1H3,(H,22,23);5-6H,1-4H2. The van der Waals surface area contributed by atoms with Gasteiger partial charge in [0.05, 0.1) is 37.5 Å². The second-order valence-electron chi connectivity index (χ2n) is 7.82. The van der Waals surface area contributed by atoms with Crippen molar-refractivity contribution in [1.82, 2.24) is 9.55 Å². The van der Waals surface area contributed by atoms with Crippen molar-refractivity contribution in [3.05, 3.63) is 24.0 Å². The van der Waals surface area contributed by atoms with E-state index in [0.29, 0.717) is 36.8 Å². The Morgan fingerprint density at radius 1 is 1.22 bits per heavy atom. The number of epoxide rings is 2. The van der Waals surface area contributed by atoms with Gasteiger partial charge in [-0.05, 0) is 24.6 Å². The first-order chi connectivity index (χ1) is 15.5. The minimum atomic E-state index is -0.774. The number of aliphatic carboxylic acids is 1. The number of aryl methyl sites for hydroxylation is 2. The molecule has 1 aromatic carbocycles. The number of aromatic nitrogens is 2. The molecular formula is C22H31Cl2N3O5. The van der Waals surface area contributed by atoms with E-state index in [1.807, 2.05) is 29.8 Å². The predicted molar refractivity (Wildman–Crippen MR) is 125 cm³/mol. The molecule has 2 aromatic rings. The van der Waals surface area contributed by atoms with Crippen molar-refractivity contribution in [2.24, 2.45) is 7.05 Å². The van der Waals surface area contributed by atoms with Gasteiger partial charge in [-0.25, -0.2) is 4.98 Å². The topological polar surface area (TPSA) is 92.6 Å². The molecule has 2 atom stereocenters. The van der Waals surface area contributed by atoms with Crippen LogP contribution in [-0.4, -0.2) is 84.1 Å². The SMILES string of the molecule is C(OCC1CO1)C1CO1.Cn1c(CCCC(=O)O)nc2cc(N(CCCl)CCCl)ccc21. The lowest BCUT2D eigenvalue weighted by molar-refractivity contribution is -0.137. The molecule has 178 valence electrons. The molecule has 2 aliphatic rings. The van der Waals surface area contributed by atoms with E-state index in [1.54, 1.807) is 0 Å². The van der Waals surface area contributed by atoms with E-state index in [4.69, 9.17) is 42.5 Å². The molecule has 0 bridgehead atoms. The van der Waals surface area contributed by atoms with Gasteiger partial charge < -0.3 is 28.8 Å². The Morgan fingerprint density at radius 2 is 1.84 bits per heavy atom. The molecule has 2 aliphatic heterocycles. The first-order valence-corrected chi connectivity index (χ1v) is 11.9. The third kappa shape index (κ3) is 8.08. The van der Waals surface area contributed by atoms with E-state index in [2.05, 4.69) is 9.88 Å². The van der Waals surface area contributed by atoms with Gasteiger partial charge in [0.2, 0.25) is 0 Å². The minimum absolute atomic E-state index is 0.160. The molecule has 0 amide bonds. The van der Waals surface area contributed by atoms with Crippen LogP contribution in [0.25, 0.3) is 11.0 Å². The molecule has 2 saturated heterocycles. The van der Waals surface area contributed by atoms with E-state index in [-0.39, 0.29) is 6.42 Å². The first-order valence-electron chi connectivity index (χ1n) is 10.9. The second-order valence-corrected chi connectivity index (χ2v) is 8.58. The number of carboxylic acid groups (broad SMARTS) is 1. The normalized spacial score (nSPS) is 18.8. The molecule has 0 aliphatic carbocycles. The molecule has 8 nitrogen and oxygen atoms in total. The summed E-state index contributed by atoms with van der Waals surface area (Å²) in [5.41, 5.74) is 2.99. The molecule has 3 heterocycles. The van der Waals surface area contributed by atoms with Gasteiger partial charge in [0, 0.05) is 50.4 Å². The number of hydrogen-bond acceptors (Lipinski definition) is 6. The predicted octanol–water partition coefficient (Wildman–Crippen LogP) is 3.07. The fourth-order valence-corrected chi connectivity index (χ4v) is 3.70. The lowest BCUT2D eigenvalue weighted by atomic mass is 10.2. The summed E-state index contributed by atoms with van der Waals surface area (Å²) in [6.07, 6.45) is 2.19. The van der Waals surface area contributed by atoms with Gasteiger partial charge in [-0.3, -0.25) is 4.79 Å². The van der Waals surface area contributed by atoms with Gasteiger partial charge in [0.1, 0.15) is 18.0 Å². The van der Waals surface area contributed by atoms with Crippen molar-refractivity contribution < 1.29 is 24.1 Å². The minimum Gasteiger partial charge on any atom is -0.481 e. The van der Waals surface area contributed by atoms with E-state index in [0.717, 1.165) is 62.1 Å². The number of alkyl halides is 2. The number of anilines is 1. The maximum Gasteiger partial charge on any atom is 0.303 e. The summed E-state index contributed by atoms with van der Waals surface area (Å²) in [5, 5.41) is 8.74. The molecule has 1 aromatic heterocycles. The van der Waals surface area contributed by atoms with Crippen LogP contribution in [0.15, 0.2) is 18.2 Å². The van der Waals surface area contributed by atoms with E-state index < -0.39 is 5.97 Å². The number of imidazole rings is 1. The molecule has 0 saturated carbocycles. The third-order valence-corrected chi connectivity index (χ3v) is 5.57. The van der Waals surface area contributed by atoms with Crippen molar-refractivity contribution in [1.29, 1.82) is 0 Å². The molecule has 32 heavy (non-hydrogen) atoms. The monoisotopic (exact) mass is 487 g/mol. The summed E-state index contributed by atoms with van der Waals surface area (Å²) in [5.74, 6) is 1.21. The number of rotatable bonds is 13. The summed E-state index contributed by atoms with van der Waals surface area (Å²) in [7, 11) is 1.96. The summed E-state index contributed by atoms with van der Waals surface area (Å²) in [4.78, 5) is 17.4. The largest absolute Gasteiger partial charge is 0.481 e. The average Bonchev–Trinajstić information content (AvgIpc) is 3.69. The van der Waals surface area contributed by atoms with Crippen LogP contribution in [0.3, 0.4) is 0 Å².